The first-order valence-corrected chi connectivity index (χ1v) is 8.54. The summed E-state index contributed by atoms with van der Waals surface area (Å²) in [5.41, 5.74) is 2.85. The van der Waals surface area contributed by atoms with Crippen LogP contribution in [0.2, 0.25) is 0 Å². The predicted molar refractivity (Wildman–Crippen MR) is 97.0 cm³/mol. The maximum Gasteiger partial charge on any atom is 0.272 e. The molecule has 5 heteroatoms. The Morgan fingerprint density at radius 1 is 1.08 bits per heavy atom. The van der Waals surface area contributed by atoms with Crippen LogP contribution in [0.4, 0.5) is 5.82 Å². The van der Waals surface area contributed by atoms with Crippen molar-refractivity contribution in [1.82, 2.24) is 14.9 Å². The highest BCUT2D eigenvalue weighted by atomic mass is 16.2. The summed E-state index contributed by atoms with van der Waals surface area (Å²) in [5.74, 6) is 0.640. The zero-order valence-electron chi connectivity index (χ0n) is 14.7. The molecule has 2 aromatic rings. The number of carbonyl (C=O) groups excluding carboxylic acids is 1. The summed E-state index contributed by atoms with van der Waals surface area (Å²) in [6, 6.07) is 10.1. The van der Waals surface area contributed by atoms with Gasteiger partial charge in [0.25, 0.3) is 5.91 Å². The topological polar surface area (TPSA) is 58.1 Å². The van der Waals surface area contributed by atoms with Gasteiger partial charge in [0.2, 0.25) is 0 Å². The van der Waals surface area contributed by atoms with Gasteiger partial charge in [0, 0.05) is 25.7 Å². The highest BCUT2D eigenvalue weighted by molar-refractivity contribution is 5.92. The van der Waals surface area contributed by atoms with Crippen LogP contribution >= 0.6 is 0 Å². The molecule has 1 aromatic carbocycles. The molecule has 0 bridgehead atoms. The number of anilines is 1. The Kier molecular flexibility index (Phi) is 6.73. The first-order chi connectivity index (χ1) is 11.6. The number of benzene rings is 1. The van der Waals surface area contributed by atoms with E-state index in [9.17, 15) is 4.79 Å². The number of carbonyl (C=O) groups is 1. The van der Waals surface area contributed by atoms with Crippen LogP contribution in [0.25, 0.3) is 0 Å². The van der Waals surface area contributed by atoms with Crippen molar-refractivity contribution in [3.05, 3.63) is 53.5 Å². The lowest BCUT2D eigenvalue weighted by Crippen LogP contribution is -2.33. The lowest BCUT2D eigenvalue weighted by molar-refractivity contribution is 0.0749. The molecule has 0 radical (unpaired) electrons. The lowest BCUT2D eigenvalue weighted by atomic mass is 10.1. The number of aryl methyl sites for hydroxylation is 1. The summed E-state index contributed by atoms with van der Waals surface area (Å²) < 4.78 is 0. The molecule has 0 aliphatic heterocycles. The molecule has 1 aromatic heterocycles. The molecule has 5 nitrogen and oxygen atoms in total. The summed E-state index contributed by atoms with van der Waals surface area (Å²) in [6.07, 6.45) is 3.32. The molecule has 0 aliphatic rings. The van der Waals surface area contributed by atoms with Gasteiger partial charge in [-0.25, -0.2) is 9.97 Å². The number of amides is 1. The van der Waals surface area contributed by atoms with Crippen LogP contribution < -0.4 is 5.32 Å². The Hall–Kier alpha value is -2.43. The summed E-state index contributed by atoms with van der Waals surface area (Å²) >= 11 is 0. The Morgan fingerprint density at radius 3 is 2.38 bits per heavy atom. The summed E-state index contributed by atoms with van der Waals surface area (Å²) in [4.78, 5) is 22.8. The molecule has 1 heterocycles. The molecule has 0 fully saturated rings. The Balaban J connectivity index is 2.04. The average Bonchev–Trinajstić information content (AvgIpc) is 2.61. The molecular weight excluding hydrogens is 300 g/mol. The highest BCUT2D eigenvalue weighted by Gasteiger charge is 2.16. The van der Waals surface area contributed by atoms with E-state index >= 15 is 0 Å². The standard InChI is InChI=1S/C19H26N4O/c1-4-10-23(11-5-2)19(24)17-12-18(22-14-21-17)20-13-16-8-6-15(3)7-9-16/h6-9,12,14H,4-5,10-11,13H2,1-3H3,(H,20,21,22). The van der Waals surface area contributed by atoms with Gasteiger partial charge in [-0.3, -0.25) is 4.79 Å². The first kappa shape index (κ1) is 17.9. The van der Waals surface area contributed by atoms with Crippen LogP contribution in [0.1, 0.15) is 48.3 Å². The van der Waals surface area contributed by atoms with Gasteiger partial charge < -0.3 is 10.2 Å². The molecule has 128 valence electrons. The molecule has 24 heavy (non-hydrogen) atoms. The second-order valence-corrected chi connectivity index (χ2v) is 5.92. The number of aromatic nitrogens is 2. The van der Waals surface area contributed by atoms with Crippen molar-refractivity contribution in [3.63, 3.8) is 0 Å². The Labute approximate surface area is 144 Å². The van der Waals surface area contributed by atoms with E-state index in [0.29, 0.717) is 18.1 Å². The van der Waals surface area contributed by atoms with E-state index in [1.165, 1.54) is 17.5 Å². The van der Waals surface area contributed by atoms with Crippen molar-refractivity contribution < 1.29 is 4.79 Å². The summed E-state index contributed by atoms with van der Waals surface area (Å²) in [7, 11) is 0. The SMILES string of the molecule is CCCN(CCC)C(=O)c1cc(NCc2ccc(C)cc2)ncn1. The monoisotopic (exact) mass is 326 g/mol. The van der Waals surface area contributed by atoms with E-state index in [2.05, 4.69) is 60.3 Å². The third-order valence-corrected chi connectivity index (χ3v) is 3.75. The maximum atomic E-state index is 12.6. The van der Waals surface area contributed by atoms with Crippen molar-refractivity contribution in [2.75, 3.05) is 18.4 Å². The fourth-order valence-electron chi connectivity index (χ4n) is 2.49. The van der Waals surface area contributed by atoms with Crippen molar-refractivity contribution in [2.45, 2.75) is 40.2 Å². The molecule has 0 spiro atoms. The smallest absolute Gasteiger partial charge is 0.272 e. The highest BCUT2D eigenvalue weighted by Crippen LogP contribution is 2.10. The normalized spacial score (nSPS) is 10.5. The number of hydrogen-bond acceptors (Lipinski definition) is 4. The molecule has 0 unspecified atom stereocenters. The van der Waals surface area contributed by atoms with Gasteiger partial charge in [-0.2, -0.15) is 0 Å². The van der Waals surface area contributed by atoms with Crippen LogP contribution in [-0.4, -0.2) is 33.9 Å². The minimum atomic E-state index is -0.0283. The number of nitrogens with one attached hydrogen (secondary N) is 1. The van der Waals surface area contributed by atoms with Crippen molar-refractivity contribution in [1.29, 1.82) is 0 Å². The third-order valence-electron chi connectivity index (χ3n) is 3.75. The summed E-state index contributed by atoms with van der Waals surface area (Å²) in [6.45, 7) is 8.39. The quantitative estimate of drug-likeness (QED) is 0.804. The van der Waals surface area contributed by atoms with Gasteiger partial charge in [0.15, 0.2) is 0 Å². The third kappa shape index (κ3) is 5.05. The molecule has 1 N–H and O–H groups in total. The minimum absolute atomic E-state index is 0.0283. The van der Waals surface area contributed by atoms with Crippen LogP contribution in [-0.2, 0) is 6.54 Å². The van der Waals surface area contributed by atoms with Gasteiger partial charge in [0.1, 0.15) is 17.8 Å². The molecule has 0 saturated heterocycles. The Bertz CT molecular complexity index is 649. The van der Waals surface area contributed by atoms with Gasteiger partial charge >= 0.3 is 0 Å². The second kappa shape index (κ2) is 9.01. The number of nitrogens with zero attached hydrogens (tertiary/aromatic N) is 3. The largest absolute Gasteiger partial charge is 0.366 e. The fraction of sp³-hybridized carbons (Fsp3) is 0.421. The molecule has 0 atom stereocenters. The van der Waals surface area contributed by atoms with Gasteiger partial charge in [-0.15, -0.1) is 0 Å². The predicted octanol–water partition coefficient (Wildman–Crippen LogP) is 3.66. The fourth-order valence-corrected chi connectivity index (χ4v) is 2.49. The Morgan fingerprint density at radius 2 is 1.75 bits per heavy atom. The maximum absolute atomic E-state index is 12.6. The lowest BCUT2D eigenvalue weighted by Gasteiger charge is -2.21. The van der Waals surface area contributed by atoms with E-state index in [-0.39, 0.29) is 5.91 Å². The molecule has 0 saturated carbocycles. The first-order valence-electron chi connectivity index (χ1n) is 8.54. The van der Waals surface area contributed by atoms with Crippen molar-refractivity contribution >= 4 is 11.7 Å². The molecule has 1 amide bonds. The van der Waals surface area contributed by atoms with E-state index in [0.717, 1.165) is 25.9 Å². The van der Waals surface area contributed by atoms with E-state index in [1.807, 2.05) is 4.90 Å². The van der Waals surface area contributed by atoms with Gasteiger partial charge in [-0.1, -0.05) is 43.7 Å². The average molecular weight is 326 g/mol. The molecule has 2 rings (SSSR count). The van der Waals surface area contributed by atoms with Crippen LogP contribution in [0.15, 0.2) is 36.7 Å². The zero-order valence-corrected chi connectivity index (χ0v) is 14.7. The van der Waals surface area contributed by atoms with Gasteiger partial charge in [-0.05, 0) is 25.3 Å². The van der Waals surface area contributed by atoms with Crippen molar-refractivity contribution in [3.8, 4) is 0 Å². The van der Waals surface area contributed by atoms with E-state index < -0.39 is 0 Å². The van der Waals surface area contributed by atoms with Crippen molar-refractivity contribution in [2.24, 2.45) is 0 Å². The number of hydrogen-bond donors (Lipinski definition) is 1. The van der Waals surface area contributed by atoms with Gasteiger partial charge in [0.05, 0.1) is 0 Å². The zero-order chi connectivity index (χ0) is 17.4. The van der Waals surface area contributed by atoms with Crippen LogP contribution in [0.3, 0.4) is 0 Å². The second-order valence-electron chi connectivity index (χ2n) is 5.92. The number of rotatable bonds is 8. The van der Waals surface area contributed by atoms with E-state index in [4.69, 9.17) is 0 Å². The van der Waals surface area contributed by atoms with Crippen LogP contribution in [0.5, 0.6) is 0 Å². The molecular formula is C19H26N4O. The minimum Gasteiger partial charge on any atom is -0.366 e. The molecule has 0 aliphatic carbocycles. The van der Waals surface area contributed by atoms with Crippen LogP contribution in [0, 0.1) is 6.92 Å². The van der Waals surface area contributed by atoms with E-state index in [1.54, 1.807) is 6.07 Å². The summed E-state index contributed by atoms with van der Waals surface area (Å²) in [5, 5.41) is 3.26.